The maximum Gasteiger partial charge on any atom is 0.125 e. The van der Waals surface area contributed by atoms with Crippen LogP contribution in [0.15, 0.2) is 54.6 Å². The third kappa shape index (κ3) is 9.23. The molecular weight excluding hydrogens is 392 g/mol. The number of hydrogen-bond donors (Lipinski definition) is 1. The van der Waals surface area contributed by atoms with Gasteiger partial charge in [0.2, 0.25) is 0 Å². The minimum absolute atomic E-state index is 0.0229. The van der Waals surface area contributed by atoms with Crippen molar-refractivity contribution in [1.29, 1.82) is 0 Å². The Morgan fingerprint density at radius 3 is 2.10 bits per heavy atom. The lowest BCUT2D eigenvalue weighted by Gasteiger charge is -2.43. The highest BCUT2D eigenvalue weighted by atomic mass is 32.2. The summed E-state index contributed by atoms with van der Waals surface area (Å²) in [5, 5.41) is 2.83. The van der Waals surface area contributed by atoms with Crippen LogP contribution < -0.4 is 10.8 Å². The van der Waals surface area contributed by atoms with Crippen molar-refractivity contribution < 1.29 is 9.32 Å². The van der Waals surface area contributed by atoms with Gasteiger partial charge < -0.3 is 0 Å². The van der Waals surface area contributed by atoms with Crippen molar-refractivity contribution in [3.8, 4) is 11.3 Å². The number of aryl methyl sites for hydroxylation is 1. The van der Waals surface area contributed by atoms with Crippen molar-refractivity contribution in [2.45, 2.75) is 73.3 Å². The van der Waals surface area contributed by atoms with Crippen LogP contribution in [-0.4, -0.2) is 5.54 Å². The lowest BCUT2D eigenvalue weighted by molar-refractivity contribution is -0.194. The molecule has 3 rings (SSSR count). The Balaban J connectivity index is 0.000000636. The van der Waals surface area contributed by atoms with E-state index in [9.17, 15) is 0 Å². The second-order valence-electron chi connectivity index (χ2n) is 6.93. The minimum Gasteiger partial charge on any atom is -0.295 e. The third-order valence-corrected chi connectivity index (χ3v) is 4.65. The van der Waals surface area contributed by atoms with Crippen LogP contribution >= 0.6 is 12.0 Å². The first kappa shape index (κ1) is 28.0. The SMILES string of the molecule is CC.CC.CC1CC(C)(C)N(C#CSOON)c2ccccc21.Cc1ccccc1. The predicted octanol–water partition coefficient (Wildman–Crippen LogP) is 7.21. The highest BCUT2D eigenvalue weighted by Gasteiger charge is 2.35. The van der Waals surface area contributed by atoms with Gasteiger partial charge in [0.15, 0.2) is 0 Å². The van der Waals surface area contributed by atoms with Gasteiger partial charge in [0.25, 0.3) is 0 Å². The van der Waals surface area contributed by atoms with E-state index in [4.69, 9.17) is 5.90 Å². The molecule has 166 valence electrons. The van der Waals surface area contributed by atoms with Gasteiger partial charge in [0, 0.05) is 16.8 Å². The quantitative estimate of drug-likeness (QED) is 0.179. The van der Waals surface area contributed by atoms with Crippen molar-refractivity contribution in [3.05, 3.63) is 65.7 Å². The summed E-state index contributed by atoms with van der Waals surface area (Å²) in [4.78, 5) is 6.10. The molecule has 1 unspecified atom stereocenters. The van der Waals surface area contributed by atoms with E-state index in [-0.39, 0.29) is 5.54 Å². The molecule has 0 radical (unpaired) electrons. The summed E-state index contributed by atoms with van der Waals surface area (Å²) < 4.78 is 4.50. The Morgan fingerprint density at radius 1 is 1.00 bits per heavy atom. The monoisotopic (exact) mass is 430 g/mol. The van der Waals surface area contributed by atoms with Crippen LogP contribution in [0.3, 0.4) is 0 Å². The molecule has 0 aliphatic carbocycles. The van der Waals surface area contributed by atoms with Crippen molar-refractivity contribution in [1.82, 2.24) is 0 Å². The van der Waals surface area contributed by atoms with Gasteiger partial charge in [0.05, 0.1) is 5.69 Å². The molecule has 0 spiro atoms. The van der Waals surface area contributed by atoms with Crippen molar-refractivity contribution in [3.63, 3.8) is 0 Å². The molecule has 0 amide bonds. The molecule has 0 saturated heterocycles. The van der Waals surface area contributed by atoms with E-state index in [1.807, 2.05) is 52.0 Å². The number of benzene rings is 2. The number of rotatable bonds is 2. The van der Waals surface area contributed by atoms with E-state index < -0.39 is 0 Å². The minimum atomic E-state index is -0.0229. The van der Waals surface area contributed by atoms with E-state index >= 15 is 0 Å². The van der Waals surface area contributed by atoms with E-state index in [2.05, 4.69) is 83.5 Å². The highest BCUT2D eigenvalue weighted by molar-refractivity contribution is 7.99. The molecule has 0 saturated carbocycles. The molecule has 0 fully saturated rings. The van der Waals surface area contributed by atoms with E-state index in [1.54, 1.807) is 0 Å². The molecule has 1 heterocycles. The number of anilines is 1. The highest BCUT2D eigenvalue weighted by Crippen LogP contribution is 2.42. The van der Waals surface area contributed by atoms with E-state index in [0.29, 0.717) is 5.92 Å². The Hall–Kier alpha value is -1.97. The van der Waals surface area contributed by atoms with E-state index in [1.165, 1.54) is 11.1 Å². The van der Waals surface area contributed by atoms with Gasteiger partial charge in [-0.1, -0.05) is 88.7 Å². The average molecular weight is 431 g/mol. The summed E-state index contributed by atoms with van der Waals surface area (Å²) in [6, 6.07) is 21.7. The maximum absolute atomic E-state index is 4.77. The van der Waals surface area contributed by atoms with Gasteiger partial charge >= 0.3 is 0 Å². The number of para-hydroxylation sites is 1. The molecule has 1 atom stereocenters. The number of hydrogen-bond acceptors (Lipinski definition) is 5. The lowest BCUT2D eigenvalue weighted by atomic mass is 9.80. The van der Waals surface area contributed by atoms with Crippen molar-refractivity contribution in [2.24, 2.45) is 5.90 Å². The molecule has 1 aliphatic heterocycles. The first-order chi connectivity index (χ1) is 14.5. The van der Waals surface area contributed by atoms with E-state index in [0.717, 1.165) is 24.2 Å². The smallest absolute Gasteiger partial charge is 0.125 e. The molecule has 4 nitrogen and oxygen atoms in total. The fourth-order valence-corrected chi connectivity index (χ4v) is 3.43. The topological polar surface area (TPSA) is 47.7 Å². The average Bonchev–Trinajstić information content (AvgIpc) is 2.76. The largest absolute Gasteiger partial charge is 0.295 e. The molecule has 30 heavy (non-hydrogen) atoms. The van der Waals surface area contributed by atoms with Crippen LogP contribution in [0.1, 0.15) is 71.9 Å². The maximum atomic E-state index is 4.77. The van der Waals surface area contributed by atoms with Gasteiger partial charge in [-0.05, 0) is 44.7 Å². The second-order valence-corrected chi connectivity index (χ2v) is 7.43. The molecular formula is C25H38N2O2S. The summed E-state index contributed by atoms with van der Waals surface area (Å²) in [7, 11) is 0. The summed E-state index contributed by atoms with van der Waals surface area (Å²) in [5.74, 6) is 5.30. The standard InChI is InChI=1S/C14H18N2O2S.C7H8.2C2H6/c1-11-10-14(2,3)16(8-9-19-18-17-15)13-7-5-4-6-12(11)13;1-7-5-3-2-4-6-7;2*1-2/h4-7,11H,10,15H2,1-3H3;2-6H,1H3;2*1-2H3. The van der Waals surface area contributed by atoms with Crippen LogP contribution in [0.25, 0.3) is 0 Å². The zero-order valence-electron chi connectivity index (χ0n) is 19.7. The van der Waals surface area contributed by atoms with Gasteiger partial charge in [-0.2, -0.15) is 5.90 Å². The lowest BCUT2D eigenvalue weighted by Crippen LogP contribution is -2.45. The fourth-order valence-electron chi connectivity index (χ4n) is 3.23. The van der Waals surface area contributed by atoms with Gasteiger partial charge in [-0.25, -0.2) is 0 Å². The first-order valence-electron chi connectivity index (χ1n) is 10.6. The predicted molar refractivity (Wildman–Crippen MR) is 132 cm³/mol. The van der Waals surface area contributed by atoms with Crippen molar-refractivity contribution in [2.75, 3.05) is 4.90 Å². The number of fused-ring (bicyclic) bond motifs is 1. The van der Waals surface area contributed by atoms with Gasteiger partial charge in [0.1, 0.15) is 12.0 Å². The molecule has 0 bridgehead atoms. The molecule has 2 aromatic carbocycles. The summed E-state index contributed by atoms with van der Waals surface area (Å²) in [6.45, 7) is 16.7. The van der Waals surface area contributed by atoms with Crippen LogP contribution in [0.2, 0.25) is 0 Å². The Kier molecular flexibility index (Phi) is 14.8. The van der Waals surface area contributed by atoms with Crippen LogP contribution in [-0.2, 0) is 9.32 Å². The summed E-state index contributed by atoms with van der Waals surface area (Å²) in [5.41, 5.74) is 3.79. The molecule has 2 N–H and O–H groups in total. The molecule has 5 heteroatoms. The van der Waals surface area contributed by atoms with Crippen LogP contribution in [0.5, 0.6) is 0 Å². The van der Waals surface area contributed by atoms with Crippen molar-refractivity contribution >= 4 is 17.7 Å². The first-order valence-corrected chi connectivity index (χ1v) is 11.3. The number of nitrogens with zero attached hydrogens (tertiary/aromatic N) is 1. The summed E-state index contributed by atoms with van der Waals surface area (Å²) >= 11 is 0.873. The zero-order valence-corrected chi connectivity index (χ0v) is 20.5. The fraction of sp³-hybridized carbons (Fsp3) is 0.440. The Bertz CT molecular complexity index is 754. The van der Waals surface area contributed by atoms with Crippen LogP contribution in [0.4, 0.5) is 5.69 Å². The summed E-state index contributed by atoms with van der Waals surface area (Å²) in [6.07, 6.45) is 1.05. The molecule has 0 aromatic heterocycles. The second kappa shape index (κ2) is 15.8. The Labute approximate surface area is 188 Å². The number of nitrogens with two attached hydrogens (primary N) is 1. The molecule has 2 aromatic rings. The normalized spacial score (nSPS) is 15.4. The zero-order chi connectivity index (χ0) is 23.0. The van der Waals surface area contributed by atoms with Crippen LogP contribution in [0, 0.1) is 18.2 Å². The Morgan fingerprint density at radius 2 is 1.57 bits per heavy atom. The molecule has 1 aliphatic rings. The third-order valence-electron chi connectivity index (χ3n) is 4.33. The van der Waals surface area contributed by atoms with Gasteiger partial charge in [-0.3, -0.25) is 4.90 Å². The van der Waals surface area contributed by atoms with Gasteiger partial charge in [-0.15, -0.1) is 9.32 Å².